The highest BCUT2D eigenvalue weighted by Crippen LogP contribution is 2.17. The Morgan fingerprint density at radius 1 is 1.53 bits per heavy atom. The van der Waals surface area contributed by atoms with Crippen LogP contribution in [0.3, 0.4) is 0 Å². The molecule has 0 radical (unpaired) electrons. The van der Waals surface area contributed by atoms with E-state index in [9.17, 15) is 4.79 Å². The zero-order valence-corrected chi connectivity index (χ0v) is 12.1. The van der Waals surface area contributed by atoms with Gasteiger partial charge in [-0.15, -0.1) is 0 Å². The van der Waals surface area contributed by atoms with Crippen LogP contribution in [0.25, 0.3) is 0 Å². The molecule has 0 unspecified atom stereocenters. The summed E-state index contributed by atoms with van der Waals surface area (Å²) in [6, 6.07) is 1.80. The molecule has 0 aliphatic rings. The molecule has 1 rings (SSSR count). The minimum atomic E-state index is -1.02. The van der Waals surface area contributed by atoms with Gasteiger partial charge < -0.3 is 14.3 Å². The molecule has 0 saturated heterocycles. The molecule has 0 aliphatic carbocycles. The molecule has 1 N–H and O–H groups in total. The van der Waals surface area contributed by atoms with E-state index in [0.29, 0.717) is 30.4 Å². The van der Waals surface area contributed by atoms with Gasteiger partial charge in [0.05, 0.1) is 13.2 Å². The molecule has 1 aromatic heterocycles. The standard InChI is InChI=1S/C14H23NO4/c1-10(2)8-15(5-6-18-4)9-12-7-11(3)13(19-12)14(16)17/h7,10H,5-6,8-9H2,1-4H3,(H,16,17). The van der Waals surface area contributed by atoms with Gasteiger partial charge in [0.1, 0.15) is 5.76 Å². The van der Waals surface area contributed by atoms with Crippen LogP contribution in [0.1, 0.15) is 35.7 Å². The molecule has 5 nitrogen and oxygen atoms in total. The Balaban J connectivity index is 2.72. The first kappa shape index (κ1) is 15.7. The van der Waals surface area contributed by atoms with E-state index in [1.54, 1.807) is 20.1 Å². The van der Waals surface area contributed by atoms with Gasteiger partial charge in [0.2, 0.25) is 5.76 Å². The smallest absolute Gasteiger partial charge is 0.372 e. The fourth-order valence-corrected chi connectivity index (χ4v) is 2.03. The van der Waals surface area contributed by atoms with Crippen molar-refractivity contribution in [3.05, 3.63) is 23.2 Å². The summed E-state index contributed by atoms with van der Waals surface area (Å²) in [6.45, 7) is 9.03. The van der Waals surface area contributed by atoms with Crippen molar-refractivity contribution in [2.75, 3.05) is 26.8 Å². The number of carboxylic acid groups (broad SMARTS) is 1. The fourth-order valence-electron chi connectivity index (χ4n) is 2.03. The van der Waals surface area contributed by atoms with Crippen molar-refractivity contribution < 1.29 is 19.1 Å². The van der Waals surface area contributed by atoms with Crippen LogP contribution in [0, 0.1) is 12.8 Å². The maximum atomic E-state index is 10.9. The molecular weight excluding hydrogens is 246 g/mol. The van der Waals surface area contributed by atoms with E-state index < -0.39 is 5.97 Å². The summed E-state index contributed by atoms with van der Waals surface area (Å²) in [5.41, 5.74) is 0.665. The fraction of sp³-hybridized carbons (Fsp3) is 0.643. The third-order valence-electron chi connectivity index (χ3n) is 2.78. The zero-order chi connectivity index (χ0) is 14.4. The van der Waals surface area contributed by atoms with E-state index in [4.69, 9.17) is 14.3 Å². The SMILES string of the molecule is COCCN(Cc1cc(C)c(C(=O)O)o1)CC(C)C. The Kier molecular flexibility index (Phi) is 6.05. The highest BCUT2D eigenvalue weighted by Gasteiger charge is 2.16. The number of aryl methyl sites for hydroxylation is 1. The number of methoxy groups -OCH3 is 1. The summed E-state index contributed by atoms with van der Waals surface area (Å²) >= 11 is 0. The highest BCUT2D eigenvalue weighted by atomic mass is 16.5. The summed E-state index contributed by atoms with van der Waals surface area (Å²) in [6.07, 6.45) is 0. The van der Waals surface area contributed by atoms with Gasteiger partial charge in [-0.05, 0) is 18.9 Å². The largest absolute Gasteiger partial charge is 0.475 e. The normalized spacial score (nSPS) is 11.5. The summed E-state index contributed by atoms with van der Waals surface area (Å²) in [7, 11) is 1.67. The Morgan fingerprint density at radius 2 is 2.21 bits per heavy atom. The molecule has 0 aromatic carbocycles. The molecule has 0 fully saturated rings. The molecule has 0 bridgehead atoms. The topological polar surface area (TPSA) is 62.9 Å². The highest BCUT2D eigenvalue weighted by molar-refractivity contribution is 5.86. The molecule has 0 aliphatic heterocycles. The van der Waals surface area contributed by atoms with Crippen molar-refractivity contribution in [2.24, 2.45) is 5.92 Å². The average molecular weight is 269 g/mol. The van der Waals surface area contributed by atoms with Crippen LogP contribution in [0.5, 0.6) is 0 Å². The van der Waals surface area contributed by atoms with Gasteiger partial charge in [-0.2, -0.15) is 0 Å². The first-order valence-corrected chi connectivity index (χ1v) is 6.48. The predicted octanol–water partition coefficient (Wildman–Crippen LogP) is 2.39. The number of ether oxygens (including phenoxy) is 1. The molecule has 0 atom stereocenters. The molecule has 1 aromatic rings. The van der Waals surface area contributed by atoms with Gasteiger partial charge in [-0.1, -0.05) is 13.8 Å². The second-order valence-electron chi connectivity index (χ2n) is 5.15. The van der Waals surface area contributed by atoms with Crippen molar-refractivity contribution in [3.8, 4) is 0 Å². The molecule has 1 heterocycles. The minimum Gasteiger partial charge on any atom is -0.475 e. The molecule has 0 saturated carbocycles. The molecule has 108 valence electrons. The number of hydrogen-bond acceptors (Lipinski definition) is 4. The number of aromatic carboxylic acids is 1. The number of nitrogens with zero attached hydrogens (tertiary/aromatic N) is 1. The van der Waals surface area contributed by atoms with Crippen molar-refractivity contribution in [1.29, 1.82) is 0 Å². The van der Waals surface area contributed by atoms with Crippen LogP contribution < -0.4 is 0 Å². The van der Waals surface area contributed by atoms with E-state index in [1.165, 1.54) is 0 Å². The van der Waals surface area contributed by atoms with Gasteiger partial charge in [0, 0.05) is 25.8 Å². The summed E-state index contributed by atoms with van der Waals surface area (Å²) in [5, 5.41) is 8.97. The lowest BCUT2D eigenvalue weighted by Gasteiger charge is -2.22. The van der Waals surface area contributed by atoms with Gasteiger partial charge in [-0.25, -0.2) is 4.79 Å². The first-order chi connectivity index (χ1) is 8.93. The Bertz CT molecular complexity index is 412. The van der Waals surface area contributed by atoms with Crippen LogP contribution in [-0.4, -0.2) is 42.8 Å². The zero-order valence-electron chi connectivity index (χ0n) is 12.1. The van der Waals surface area contributed by atoms with Crippen molar-refractivity contribution in [3.63, 3.8) is 0 Å². The van der Waals surface area contributed by atoms with Crippen LogP contribution >= 0.6 is 0 Å². The van der Waals surface area contributed by atoms with Gasteiger partial charge in [-0.3, -0.25) is 4.90 Å². The van der Waals surface area contributed by atoms with Crippen molar-refractivity contribution in [2.45, 2.75) is 27.3 Å². The second kappa shape index (κ2) is 7.31. The van der Waals surface area contributed by atoms with E-state index in [-0.39, 0.29) is 5.76 Å². The number of carbonyl (C=O) groups is 1. The minimum absolute atomic E-state index is 0.0336. The molecule has 0 spiro atoms. The van der Waals surface area contributed by atoms with Crippen LogP contribution in [-0.2, 0) is 11.3 Å². The maximum Gasteiger partial charge on any atom is 0.372 e. The van der Waals surface area contributed by atoms with Crippen LogP contribution in [0.15, 0.2) is 10.5 Å². The van der Waals surface area contributed by atoms with E-state index in [1.807, 2.05) is 0 Å². The molecule has 0 amide bonds. The lowest BCUT2D eigenvalue weighted by Crippen LogP contribution is -2.30. The average Bonchev–Trinajstić information content (AvgIpc) is 2.66. The maximum absolute atomic E-state index is 10.9. The monoisotopic (exact) mass is 269 g/mol. The number of furan rings is 1. The number of hydrogen-bond donors (Lipinski definition) is 1. The quantitative estimate of drug-likeness (QED) is 0.785. The Morgan fingerprint density at radius 3 is 2.68 bits per heavy atom. The van der Waals surface area contributed by atoms with Crippen LogP contribution in [0.2, 0.25) is 0 Å². The number of carboxylic acids is 1. The first-order valence-electron chi connectivity index (χ1n) is 6.48. The van der Waals surface area contributed by atoms with Crippen molar-refractivity contribution in [1.82, 2.24) is 4.90 Å². The molecular formula is C14H23NO4. The van der Waals surface area contributed by atoms with E-state index >= 15 is 0 Å². The molecule has 19 heavy (non-hydrogen) atoms. The summed E-state index contributed by atoms with van der Waals surface area (Å²) < 4.78 is 10.5. The van der Waals surface area contributed by atoms with E-state index in [2.05, 4.69) is 18.7 Å². The van der Waals surface area contributed by atoms with E-state index in [0.717, 1.165) is 13.1 Å². The third kappa shape index (κ3) is 5.04. The summed E-state index contributed by atoms with van der Waals surface area (Å²) in [5.74, 6) is 0.237. The van der Waals surface area contributed by atoms with Gasteiger partial charge in [0.15, 0.2) is 0 Å². The summed E-state index contributed by atoms with van der Waals surface area (Å²) in [4.78, 5) is 13.1. The third-order valence-corrected chi connectivity index (χ3v) is 2.78. The lowest BCUT2D eigenvalue weighted by molar-refractivity contribution is 0.0655. The number of rotatable bonds is 8. The second-order valence-corrected chi connectivity index (χ2v) is 5.15. The van der Waals surface area contributed by atoms with Crippen molar-refractivity contribution >= 4 is 5.97 Å². The van der Waals surface area contributed by atoms with Gasteiger partial charge >= 0.3 is 5.97 Å². The van der Waals surface area contributed by atoms with Crippen LogP contribution in [0.4, 0.5) is 0 Å². The lowest BCUT2D eigenvalue weighted by atomic mass is 10.2. The Hall–Kier alpha value is -1.33. The van der Waals surface area contributed by atoms with Gasteiger partial charge in [0.25, 0.3) is 0 Å². The Labute approximate surface area is 114 Å². The molecule has 5 heteroatoms. The predicted molar refractivity (Wildman–Crippen MR) is 72.4 cm³/mol.